The van der Waals surface area contributed by atoms with Crippen LogP contribution < -0.4 is 5.32 Å². The molecule has 2 aliphatic rings. The van der Waals surface area contributed by atoms with Crippen LogP contribution in [0.15, 0.2) is 35.9 Å². The molecule has 1 fully saturated rings. The number of hydrogen-bond acceptors (Lipinski definition) is 5. The lowest BCUT2D eigenvalue weighted by Gasteiger charge is -2.45. The first kappa shape index (κ1) is 15.9. The van der Waals surface area contributed by atoms with Gasteiger partial charge in [-0.1, -0.05) is 24.3 Å². The van der Waals surface area contributed by atoms with Crippen molar-refractivity contribution in [1.29, 1.82) is 21.2 Å². The van der Waals surface area contributed by atoms with Crippen molar-refractivity contribution in [1.82, 2.24) is 5.32 Å². The number of benzene rings is 1. The predicted octanol–water partition coefficient (Wildman–Crippen LogP) is 2.26. The largest absolute Gasteiger partial charge is 0.313 e. The zero-order valence-electron chi connectivity index (χ0n) is 12.8. The second-order valence-electron chi connectivity index (χ2n) is 5.98. The number of hydrogen-bond donors (Lipinski definition) is 2. The predicted molar refractivity (Wildman–Crippen MR) is 84.1 cm³/mol. The molecule has 0 unspecified atom stereocenters. The van der Waals surface area contributed by atoms with E-state index in [4.69, 9.17) is 5.41 Å². The average molecular weight is 319 g/mol. The van der Waals surface area contributed by atoms with Crippen LogP contribution in [0.25, 0.3) is 0 Å². The summed E-state index contributed by atoms with van der Waals surface area (Å²) >= 11 is 0. The molecular formula is C18H14FN5. The van der Waals surface area contributed by atoms with Gasteiger partial charge in [-0.3, -0.25) is 0 Å². The van der Waals surface area contributed by atoms with Gasteiger partial charge in [0.2, 0.25) is 0 Å². The molecule has 2 N–H and O–H groups in total. The minimum Gasteiger partial charge on any atom is -0.313 e. The number of nitrogens with one attached hydrogen (secondary N) is 2. The van der Waals surface area contributed by atoms with Gasteiger partial charge in [-0.25, -0.2) is 4.39 Å². The van der Waals surface area contributed by atoms with Crippen molar-refractivity contribution in [2.45, 2.75) is 5.92 Å². The van der Waals surface area contributed by atoms with E-state index >= 15 is 0 Å². The third-order valence-corrected chi connectivity index (χ3v) is 4.91. The Morgan fingerprint density at radius 2 is 1.92 bits per heavy atom. The lowest BCUT2D eigenvalue weighted by Crippen LogP contribution is -2.52. The Morgan fingerprint density at radius 3 is 2.54 bits per heavy atom. The highest BCUT2D eigenvalue weighted by Crippen LogP contribution is 2.53. The van der Waals surface area contributed by atoms with E-state index in [0.717, 1.165) is 0 Å². The Labute approximate surface area is 139 Å². The van der Waals surface area contributed by atoms with E-state index in [1.54, 1.807) is 18.2 Å². The van der Waals surface area contributed by atoms with Crippen molar-refractivity contribution in [3.05, 3.63) is 47.3 Å². The van der Waals surface area contributed by atoms with Crippen molar-refractivity contribution in [2.75, 3.05) is 13.1 Å². The summed E-state index contributed by atoms with van der Waals surface area (Å²) in [5.74, 6) is -2.64. The Balaban J connectivity index is 2.29. The molecule has 118 valence electrons. The van der Waals surface area contributed by atoms with Crippen LogP contribution >= 0.6 is 0 Å². The summed E-state index contributed by atoms with van der Waals surface area (Å²) < 4.78 is 14.5. The maximum Gasteiger partial charge on any atom is 0.189 e. The maximum absolute atomic E-state index is 14.5. The van der Waals surface area contributed by atoms with Crippen LogP contribution in [0.3, 0.4) is 0 Å². The first-order valence-electron chi connectivity index (χ1n) is 7.56. The lowest BCUT2D eigenvalue weighted by molar-refractivity contribution is 0.324. The van der Waals surface area contributed by atoms with Gasteiger partial charge in [-0.05, 0) is 17.2 Å². The van der Waals surface area contributed by atoms with Crippen LogP contribution in [0, 0.1) is 62.5 Å². The van der Waals surface area contributed by atoms with E-state index in [0.29, 0.717) is 18.7 Å². The Morgan fingerprint density at radius 1 is 1.21 bits per heavy atom. The summed E-state index contributed by atoms with van der Waals surface area (Å²) in [5, 5.41) is 40.5. The second-order valence-corrected chi connectivity index (χ2v) is 5.98. The van der Waals surface area contributed by atoms with Crippen molar-refractivity contribution < 1.29 is 4.39 Å². The molecular weight excluding hydrogens is 305 g/mol. The third kappa shape index (κ3) is 2.03. The summed E-state index contributed by atoms with van der Waals surface area (Å²) in [6.07, 6.45) is 1.82. The fraction of sp³-hybridized carbons (Fsp3) is 0.333. The van der Waals surface area contributed by atoms with Crippen LogP contribution in [0.2, 0.25) is 0 Å². The van der Waals surface area contributed by atoms with Gasteiger partial charge in [0.05, 0.1) is 23.9 Å². The van der Waals surface area contributed by atoms with Gasteiger partial charge in [0.25, 0.3) is 0 Å². The molecule has 0 saturated heterocycles. The van der Waals surface area contributed by atoms with Crippen LogP contribution in [-0.2, 0) is 0 Å². The fourth-order valence-corrected chi connectivity index (χ4v) is 3.80. The molecule has 5 nitrogen and oxygen atoms in total. The minimum absolute atomic E-state index is 0.237. The molecule has 0 amide bonds. The van der Waals surface area contributed by atoms with Gasteiger partial charge in [-0.15, -0.1) is 0 Å². The smallest absolute Gasteiger partial charge is 0.189 e. The fourth-order valence-electron chi connectivity index (χ4n) is 3.80. The molecule has 3 atom stereocenters. The average Bonchev–Trinajstić information content (AvgIpc) is 2.62. The van der Waals surface area contributed by atoms with Gasteiger partial charge in [0, 0.05) is 24.9 Å². The first-order chi connectivity index (χ1) is 11.6. The molecule has 0 aromatic heterocycles. The second kappa shape index (κ2) is 5.89. The summed E-state index contributed by atoms with van der Waals surface area (Å²) in [5.41, 5.74) is -1.17. The molecule has 1 aliphatic heterocycles. The maximum atomic E-state index is 14.5. The van der Waals surface area contributed by atoms with Crippen molar-refractivity contribution in [2.24, 2.45) is 17.3 Å². The molecule has 0 radical (unpaired) electrons. The van der Waals surface area contributed by atoms with Gasteiger partial charge < -0.3 is 10.7 Å². The number of nitrogens with zero attached hydrogens (tertiary/aromatic N) is 3. The van der Waals surface area contributed by atoms with Crippen LogP contribution in [0.4, 0.5) is 4.39 Å². The number of fused-ring (bicyclic) bond motifs is 1. The number of halogens is 1. The highest BCUT2D eigenvalue weighted by molar-refractivity contribution is 6.00. The SMILES string of the molecule is N#C[C@H]1C(=N)C(C#N)(C#N)[C@H](c2ccccc2F)[C@H]2CNCC=C12. The Bertz CT molecular complexity index is 837. The zero-order valence-corrected chi connectivity index (χ0v) is 12.8. The molecule has 1 aromatic rings. The molecule has 1 saturated carbocycles. The van der Waals surface area contributed by atoms with Crippen LogP contribution in [0.5, 0.6) is 0 Å². The molecule has 1 heterocycles. The quantitative estimate of drug-likeness (QED) is 0.774. The Kier molecular flexibility index (Phi) is 3.89. The van der Waals surface area contributed by atoms with Gasteiger partial charge >= 0.3 is 0 Å². The normalized spacial score (nSPS) is 27.8. The van der Waals surface area contributed by atoms with Gasteiger partial charge in [0.1, 0.15) is 11.7 Å². The molecule has 0 spiro atoms. The van der Waals surface area contributed by atoms with E-state index < -0.39 is 23.1 Å². The topological polar surface area (TPSA) is 107 Å². The monoisotopic (exact) mass is 319 g/mol. The van der Waals surface area contributed by atoms with E-state index in [1.165, 1.54) is 6.07 Å². The molecule has 0 bridgehead atoms. The first-order valence-corrected chi connectivity index (χ1v) is 7.56. The highest BCUT2D eigenvalue weighted by Gasteiger charge is 2.57. The van der Waals surface area contributed by atoms with E-state index in [1.807, 2.05) is 24.3 Å². The molecule has 3 rings (SSSR count). The summed E-state index contributed by atoms with van der Waals surface area (Å²) in [6, 6.07) is 11.9. The zero-order chi connectivity index (χ0) is 17.3. The molecule has 24 heavy (non-hydrogen) atoms. The lowest BCUT2D eigenvalue weighted by atomic mass is 9.54. The van der Waals surface area contributed by atoms with E-state index in [2.05, 4.69) is 5.32 Å². The summed E-state index contributed by atoms with van der Waals surface area (Å²) in [7, 11) is 0. The van der Waals surface area contributed by atoms with Crippen molar-refractivity contribution >= 4 is 5.71 Å². The number of nitriles is 3. The van der Waals surface area contributed by atoms with E-state index in [-0.39, 0.29) is 17.2 Å². The minimum atomic E-state index is -1.86. The molecule has 6 heteroatoms. The summed E-state index contributed by atoms with van der Waals surface area (Å²) in [6.45, 7) is 0.981. The highest BCUT2D eigenvalue weighted by atomic mass is 19.1. The van der Waals surface area contributed by atoms with Gasteiger partial charge in [0.15, 0.2) is 5.41 Å². The molecule has 1 aromatic carbocycles. The van der Waals surface area contributed by atoms with E-state index in [9.17, 15) is 20.2 Å². The number of rotatable bonds is 1. The van der Waals surface area contributed by atoms with Crippen molar-refractivity contribution in [3.8, 4) is 18.2 Å². The van der Waals surface area contributed by atoms with Crippen molar-refractivity contribution in [3.63, 3.8) is 0 Å². The van der Waals surface area contributed by atoms with Crippen LogP contribution in [-0.4, -0.2) is 18.8 Å². The Hall–Kier alpha value is -3.01. The van der Waals surface area contributed by atoms with Crippen LogP contribution in [0.1, 0.15) is 11.5 Å². The third-order valence-electron chi connectivity index (χ3n) is 4.91. The van der Waals surface area contributed by atoms with Gasteiger partial charge in [-0.2, -0.15) is 15.8 Å². The molecule has 1 aliphatic carbocycles. The standard InChI is InChI=1S/C18H14FN5/c19-15-4-2-1-3-12(15)16-14-8-24-6-5-11(14)13(7-20)17(23)18(16,9-21)10-22/h1-5,13-14,16,23-24H,6,8H2/t13-,14+,16-/m1/s1. The summed E-state index contributed by atoms with van der Waals surface area (Å²) in [4.78, 5) is 0.